The lowest BCUT2D eigenvalue weighted by atomic mass is 10.2. The van der Waals surface area contributed by atoms with Crippen molar-refractivity contribution in [3.8, 4) is 18.0 Å². The van der Waals surface area contributed by atoms with Gasteiger partial charge < -0.3 is 4.74 Å². The van der Waals surface area contributed by atoms with Crippen molar-refractivity contribution in [3.63, 3.8) is 0 Å². The first-order valence-corrected chi connectivity index (χ1v) is 8.18. The summed E-state index contributed by atoms with van der Waals surface area (Å²) in [5.74, 6) is 6.28. The highest BCUT2D eigenvalue weighted by molar-refractivity contribution is 8.12. The second kappa shape index (κ2) is 5.79. The van der Waals surface area contributed by atoms with Crippen LogP contribution in [0.2, 0.25) is 0 Å². The third-order valence-corrected chi connectivity index (χ3v) is 4.70. The fraction of sp³-hybridized carbons (Fsp3) is 0.188. The van der Waals surface area contributed by atoms with Crippen LogP contribution in [0.5, 0.6) is 0 Å². The molecule has 0 radical (unpaired) electrons. The zero-order chi connectivity index (χ0) is 15.7. The largest absolute Gasteiger partial charge is 0.461 e. The number of nitrogens with one attached hydrogen (secondary N) is 1. The van der Waals surface area contributed by atoms with E-state index in [1.54, 1.807) is 11.6 Å². The smallest absolute Gasteiger partial charge is 0.359 e. The van der Waals surface area contributed by atoms with Crippen molar-refractivity contribution in [2.75, 3.05) is 6.61 Å². The van der Waals surface area contributed by atoms with Gasteiger partial charge in [0.25, 0.3) is 0 Å². The van der Waals surface area contributed by atoms with Gasteiger partial charge in [-0.2, -0.15) is 5.10 Å². The molecule has 6 heteroatoms. The average molecular weight is 313 g/mol. The Morgan fingerprint density at radius 1 is 1.64 bits per heavy atom. The minimum Gasteiger partial charge on any atom is -0.461 e. The first-order valence-electron chi connectivity index (χ1n) is 6.79. The number of carbonyl (C=O) groups is 1. The monoisotopic (exact) mass is 313 g/mol. The summed E-state index contributed by atoms with van der Waals surface area (Å²) in [5, 5.41) is 5.35. The first-order chi connectivity index (χ1) is 10.7. The van der Waals surface area contributed by atoms with Crippen molar-refractivity contribution in [2.45, 2.75) is 18.5 Å². The summed E-state index contributed by atoms with van der Waals surface area (Å²) in [5.41, 5.74) is 2.76. The van der Waals surface area contributed by atoms with E-state index < -0.39 is 16.6 Å². The SMILES string of the molecule is C#Cc1cccc(-n2nc(C(=O)OCC)c3c2S(=C)NC3)c1. The Morgan fingerprint density at radius 2 is 2.45 bits per heavy atom. The lowest BCUT2D eigenvalue weighted by Crippen LogP contribution is -2.11. The molecule has 22 heavy (non-hydrogen) atoms. The first kappa shape index (κ1) is 14.6. The van der Waals surface area contributed by atoms with Crippen molar-refractivity contribution >= 4 is 22.5 Å². The Bertz CT molecular complexity index is 817. The van der Waals surface area contributed by atoms with Gasteiger partial charge in [-0.25, -0.2) is 9.48 Å². The predicted molar refractivity (Wildman–Crippen MR) is 87.3 cm³/mol. The second-order valence-electron chi connectivity index (χ2n) is 4.67. The Hall–Kier alpha value is -2.36. The third kappa shape index (κ3) is 2.34. The molecule has 2 aromatic rings. The van der Waals surface area contributed by atoms with Crippen molar-refractivity contribution in [1.82, 2.24) is 14.5 Å². The Labute approximate surface area is 131 Å². The molecule has 1 N–H and O–H groups in total. The molecule has 1 aromatic heterocycles. The summed E-state index contributed by atoms with van der Waals surface area (Å²) in [6, 6.07) is 7.48. The predicted octanol–water partition coefficient (Wildman–Crippen LogP) is 2.11. The molecule has 0 amide bonds. The van der Waals surface area contributed by atoms with Gasteiger partial charge in [-0.15, -0.1) is 6.42 Å². The van der Waals surface area contributed by atoms with Gasteiger partial charge in [-0.05, 0) is 25.1 Å². The molecule has 112 valence electrons. The van der Waals surface area contributed by atoms with Crippen LogP contribution in [0.3, 0.4) is 0 Å². The van der Waals surface area contributed by atoms with Gasteiger partial charge in [0.1, 0.15) is 5.03 Å². The van der Waals surface area contributed by atoms with Crippen LogP contribution < -0.4 is 4.72 Å². The molecule has 0 fully saturated rings. The zero-order valence-electron chi connectivity index (χ0n) is 12.1. The van der Waals surface area contributed by atoms with Crippen LogP contribution in [0, 0.1) is 12.3 Å². The summed E-state index contributed by atoms with van der Waals surface area (Å²) in [6.45, 7) is 2.65. The van der Waals surface area contributed by atoms with Gasteiger partial charge in [0, 0.05) is 17.7 Å². The van der Waals surface area contributed by atoms with E-state index in [0.29, 0.717) is 18.8 Å². The van der Waals surface area contributed by atoms with E-state index in [0.717, 1.165) is 21.8 Å². The molecule has 0 spiro atoms. The van der Waals surface area contributed by atoms with E-state index in [9.17, 15) is 4.79 Å². The molecular weight excluding hydrogens is 298 g/mol. The minimum absolute atomic E-state index is 0.316. The van der Waals surface area contributed by atoms with E-state index >= 15 is 0 Å². The van der Waals surface area contributed by atoms with Gasteiger partial charge in [0.05, 0.1) is 12.3 Å². The number of aromatic nitrogens is 2. The number of esters is 1. The average Bonchev–Trinajstić information content (AvgIpc) is 3.09. The number of carbonyl (C=O) groups excluding carboxylic acids is 1. The number of hydrogen-bond donors (Lipinski definition) is 1. The number of benzene rings is 1. The standard InChI is InChI=1S/C16H15N3O2S/c1-4-11-7-6-8-12(9-11)19-15-13(10-17-22(15)3)14(18-19)16(20)21-5-2/h1,6-9,17H,3,5,10H2,2H3. The summed E-state index contributed by atoms with van der Waals surface area (Å²) < 4.78 is 10.1. The maximum atomic E-state index is 12.1. The number of fused-ring (bicyclic) bond motifs is 1. The zero-order valence-corrected chi connectivity index (χ0v) is 12.9. The van der Waals surface area contributed by atoms with Crippen LogP contribution in [0.25, 0.3) is 5.69 Å². The highest BCUT2D eigenvalue weighted by atomic mass is 32.2. The Morgan fingerprint density at radius 3 is 3.18 bits per heavy atom. The lowest BCUT2D eigenvalue weighted by Gasteiger charge is -2.07. The Kier molecular flexibility index (Phi) is 3.84. The maximum Gasteiger partial charge on any atom is 0.359 e. The van der Waals surface area contributed by atoms with Gasteiger partial charge in [-0.3, -0.25) is 4.72 Å². The van der Waals surface area contributed by atoms with Crippen LogP contribution in [0.4, 0.5) is 0 Å². The quantitative estimate of drug-likeness (QED) is 0.536. The van der Waals surface area contributed by atoms with Gasteiger partial charge in [0.15, 0.2) is 5.69 Å². The molecule has 1 atom stereocenters. The fourth-order valence-corrected chi connectivity index (χ4v) is 3.62. The number of ether oxygens (including phenoxy) is 1. The highest BCUT2D eigenvalue weighted by Crippen LogP contribution is 2.36. The van der Waals surface area contributed by atoms with E-state index in [-0.39, 0.29) is 0 Å². The van der Waals surface area contributed by atoms with Gasteiger partial charge in [0.2, 0.25) is 0 Å². The number of terminal acetylenes is 1. The van der Waals surface area contributed by atoms with Gasteiger partial charge in [-0.1, -0.05) is 28.5 Å². The molecular formula is C16H15N3O2S. The molecule has 1 aliphatic rings. The number of hydrogen-bond acceptors (Lipinski definition) is 4. The van der Waals surface area contributed by atoms with Crippen molar-refractivity contribution < 1.29 is 9.53 Å². The van der Waals surface area contributed by atoms with Crippen LogP contribution >= 0.6 is 10.7 Å². The normalized spacial score (nSPS) is 16.1. The summed E-state index contributed by atoms with van der Waals surface area (Å²) in [4.78, 5) is 12.1. The lowest BCUT2D eigenvalue weighted by molar-refractivity contribution is 0.0517. The van der Waals surface area contributed by atoms with E-state index in [2.05, 4.69) is 21.6 Å². The molecule has 0 saturated carbocycles. The molecule has 3 rings (SSSR count). The van der Waals surface area contributed by atoms with Gasteiger partial charge >= 0.3 is 5.97 Å². The van der Waals surface area contributed by atoms with E-state index in [4.69, 9.17) is 11.2 Å². The molecule has 0 bridgehead atoms. The number of rotatable bonds is 3. The van der Waals surface area contributed by atoms with E-state index in [1.165, 1.54) is 0 Å². The molecule has 0 saturated heterocycles. The number of nitrogens with zero attached hydrogens (tertiary/aromatic N) is 2. The molecule has 1 unspecified atom stereocenters. The van der Waals surface area contributed by atoms with Crippen LogP contribution in [-0.4, -0.2) is 28.2 Å². The third-order valence-electron chi connectivity index (χ3n) is 3.32. The molecule has 1 aliphatic heterocycles. The highest BCUT2D eigenvalue weighted by Gasteiger charge is 2.29. The summed E-state index contributed by atoms with van der Waals surface area (Å²) in [7, 11) is -0.427. The van der Waals surface area contributed by atoms with Crippen molar-refractivity contribution in [3.05, 3.63) is 41.1 Å². The molecule has 0 aliphatic carbocycles. The molecule has 1 aromatic carbocycles. The molecule has 2 heterocycles. The maximum absolute atomic E-state index is 12.1. The Balaban J connectivity index is 2.16. The van der Waals surface area contributed by atoms with E-state index in [1.807, 2.05) is 24.3 Å². The summed E-state index contributed by atoms with van der Waals surface area (Å²) in [6.07, 6.45) is 5.45. The fourth-order valence-electron chi connectivity index (χ4n) is 2.34. The van der Waals surface area contributed by atoms with Crippen molar-refractivity contribution in [1.29, 1.82) is 0 Å². The summed E-state index contributed by atoms with van der Waals surface area (Å²) >= 11 is 0. The molecule has 5 nitrogen and oxygen atoms in total. The second-order valence-corrected chi connectivity index (χ2v) is 6.13. The minimum atomic E-state index is -0.427. The van der Waals surface area contributed by atoms with Crippen LogP contribution in [0.1, 0.15) is 28.5 Å². The topological polar surface area (TPSA) is 56.2 Å². The van der Waals surface area contributed by atoms with Crippen LogP contribution in [0.15, 0.2) is 29.3 Å². The van der Waals surface area contributed by atoms with Crippen LogP contribution in [-0.2, 0) is 11.3 Å². The van der Waals surface area contributed by atoms with Crippen molar-refractivity contribution in [2.24, 2.45) is 0 Å².